The van der Waals surface area contributed by atoms with Gasteiger partial charge in [-0.25, -0.2) is 0 Å². The van der Waals surface area contributed by atoms with E-state index in [9.17, 15) is 9.59 Å². The van der Waals surface area contributed by atoms with Crippen molar-refractivity contribution >= 4 is 24.4 Å². The van der Waals surface area contributed by atoms with Gasteiger partial charge in [-0.15, -0.1) is 0 Å². The number of hydrogen-bond acceptors (Lipinski definition) is 3. The van der Waals surface area contributed by atoms with E-state index < -0.39 is 6.04 Å². The predicted molar refractivity (Wildman–Crippen MR) is 50.1 cm³/mol. The number of carbonyl (C=O) groups is 2. The van der Waals surface area contributed by atoms with Gasteiger partial charge in [0, 0.05) is 19.2 Å². The third-order valence-corrected chi connectivity index (χ3v) is 1.59. The zero-order chi connectivity index (χ0) is 9.56. The Balaban J connectivity index is 3.96. The van der Waals surface area contributed by atoms with Gasteiger partial charge in [0.25, 0.3) is 0 Å². The topological polar surface area (TPSA) is 58.2 Å². The molecule has 0 spiro atoms. The third-order valence-electron chi connectivity index (χ3n) is 1.23. The van der Waals surface area contributed by atoms with Crippen molar-refractivity contribution in [1.29, 1.82) is 0 Å². The standard InChI is InChI=1S/C7H14N2O2S/c1-3-8-7(11)6(4-12)9-5(2)10/h6,12H,3-4H2,1-2H3,(H,8,11)(H,9,10). The molecule has 5 heteroatoms. The summed E-state index contributed by atoms with van der Waals surface area (Å²) in [6.07, 6.45) is 0. The SMILES string of the molecule is CCNC(=O)C(CS)NC(C)=O. The molecule has 2 amide bonds. The lowest BCUT2D eigenvalue weighted by Crippen LogP contribution is -2.47. The minimum atomic E-state index is -0.522. The van der Waals surface area contributed by atoms with Gasteiger partial charge in [0.15, 0.2) is 0 Å². The second kappa shape index (κ2) is 5.88. The normalized spacial score (nSPS) is 11.9. The minimum absolute atomic E-state index is 0.192. The molecule has 0 saturated heterocycles. The maximum absolute atomic E-state index is 11.1. The highest BCUT2D eigenvalue weighted by Gasteiger charge is 2.15. The number of thiol groups is 1. The summed E-state index contributed by atoms with van der Waals surface area (Å²) in [5.74, 6) is -0.103. The lowest BCUT2D eigenvalue weighted by Gasteiger charge is -2.13. The van der Waals surface area contributed by atoms with Gasteiger partial charge in [0.05, 0.1) is 0 Å². The molecule has 0 radical (unpaired) electrons. The molecule has 0 aliphatic carbocycles. The average molecular weight is 190 g/mol. The molecule has 0 bridgehead atoms. The Morgan fingerprint density at radius 2 is 2.08 bits per heavy atom. The number of hydrogen-bond donors (Lipinski definition) is 3. The molecule has 0 aromatic heterocycles. The Bertz CT molecular complexity index is 173. The highest BCUT2D eigenvalue weighted by molar-refractivity contribution is 7.80. The molecule has 0 saturated carbocycles. The van der Waals surface area contributed by atoms with Crippen molar-refractivity contribution < 1.29 is 9.59 Å². The van der Waals surface area contributed by atoms with Gasteiger partial charge in [-0.3, -0.25) is 9.59 Å². The second-order valence-electron chi connectivity index (χ2n) is 2.33. The van der Waals surface area contributed by atoms with Crippen LogP contribution in [0.3, 0.4) is 0 Å². The monoisotopic (exact) mass is 190 g/mol. The first-order valence-corrected chi connectivity index (χ1v) is 4.40. The van der Waals surface area contributed by atoms with Crippen LogP contribution in [0.15, 0.2) is 0 Å². The Morgan fingerprint density at radius 3 is 2.42 bits per heavy atom. The van der Waals surface area contributed by atoms with Crippen LogP contribution < -0.4 is 10.6 Å². The van der Waals surface area contributed by atoms with E-state index in [0.717, 1.165) is 0 Å². The van der Waals surface area contributed by atoms with E-state index >= 15 is 0 Å². The lowest BCUT2D eigenvalue weighted by molar-refractivity contribution is -0.127. The zero-order valence-electron chi connectivity index (χ0n) is 7.26. The van der Waals surface area contributed by atoms with Crippen molar-refractivity contribution in [3.05, 3.63) is 0 Å². The van der Waals surface area contributed by atoms with E-state index in [0.29, 0.717) is 12.3 Å². The molecule has 12 heavy (non-hydrogen) atoms. The molecule has 1 unspecified atom stereocenters. The first-order chi connectivity index (χ1) is 5.61. The largest absolute Gasteiger partial charge is 0.355 e. The first kappa shape index (κ1) is 11.3. The van der Waals surface area contributed by atoms with Crippen LogP contribution in [-0.2, 0) is 9.59 Å². The fraction of sp³-hybridized carbons (Fsp3) is 0.714. The van der Waals surface area contributed by atoms with Crippen molar-refractivity contribution in [2.75, 3.05) is 12.3 Å². The molecule has 0 rings (SSSR count). The van der Waals surface area contributed by atoms with Crippen molar-refractivity contribution in [2.45, 2.75) is 19.9 Å². The van der Waals surface area contributed by atoms with Gasteiger partial charge in [-0.2, -0.15) is 12.6 Å². The molecule has 2 N–H and O–H groups in total. The van der Waals surface area contributed by atoms with E-state index in [-0.39, 0.29) is 11.8 Å². The van der Waals surface area contributed by atoms with Gasteiger partial charge in [-0.05, 0) is 6.92 Å². The van der Waals surface area contributed by atoms with E-state index in [2.05, 4.69) is 23.3 Å². The summed E-state index contributed by atoms with van der Waals surface area (Å²) in [6.45, 7) is 3.75. The van der Waals surface area contributed by atoms with E-state index in [1.54, 1.807) is 0 Å². The summed E-state index contributed by atoms with van der Waals surface area (Å²) in [7, 11) is 0. The van der Waals surface area contributed by atoms with Gasteiger partial charge < -0.3 is 10.6 Å². The van der Waals surface area contributed by atoms with Gasteiger partial charge in [0.1, 0.15) is 6.04 Å². The van der Waals surface area contributed by atoms with E-state index in [4.69, 9.17) is 0 Å². The maximum atomic E-state index is 11.1. The van der Waals surface area contributed by atoms with Crippen LogP contribution in [0, 0.1) is 0 Å². The van der Waals surface area contributed by atoms with Crippen LogP contribution >= 0.6 is 12.6 Å². The van der Waals surface area contributed by atoms with Crippen LogP contribution in [0.25, 0.3) is 0 Å². The summed E-state index contributed by atoms with van der Waals surface area (Å²) >= 11 is 3.95. The summed E-state index contributed by atoms with van der Waals surface area (Å²) in [4.78, 5) is 21.7. The van der Waals surface area contributed by atoms with Gasteiger partial charge >= 0.3 is 0 Å². The van der Waals surface area contributed by atoms with E-state index in [1.807, 2.05) is 6.92 Å². The lowest BCUT2D eigenvalue weighted by atomic mass is 10.3. The first-order valence-electron chi connectivity index (χ1n) is 3.77. The average Bonchev–Trinajstić information content (AvgIpc) is 2.00. The van der Waals surface area contributed by atoms with Crippen molar-refractivity contribution in [3.8, 4) is 0 Å². The number of carbonyl (C=O) groups excluding carboxylic acids is 2. The molecular formula is C7H14N2O2S. The molecule has 1 atom stereocenters. The maximum Gasteiger partial charge on any atom is 0.243 e. The minimum Gasteiger partial charge on any atom is -0.355 e. The zero-order valence-corrected chi connectivity index (χ0v) is 8.15. The highest BCUT2D eigenvalue weighted by Crippen LogP contribution is 1.87. The van der Waals surface area contributed by atoms with E-state index in [1.165, 1.54) is 6.92 Å². The molecule has 70 valence electrons. The van der Waals surface area contributed by atoms with Gasteiger partial charge in [0.2, 0.25) is 11.8 Å². The molecule has 0 fully saturated rings. The van der Waals surface area contributed by atoms with Crippen molar-refractivity contribution in [2.24, 2.45) is 0 Å². The van der Waals surface area contributed by atoms with Crippen LogP contribution in [0.4, 0.5) is 0 Å². The molecule has 0 aromatic carbocycles. The van der Waals surface area contributed by atoms with Gasteiger partial charge in [-0.1, -0.05) is 0 Å². The number of rotatable bonds is 4. The second-order valence-corrected chi connectivity index (χ2v) is 2.70. The third kappa shape index (κ3) is 4.23. The summed E-state index contributed by atoms with van der Waals surface area (Å²) in [6, 6.07) is -0.522. The fourth-order valence-corrected chi connectivity index (χ4v) is 0.994. The number of likely N-dealkylation sites (N-methyl/N-ethyl adjacent to an activating group) is 1. The molecule has 0 aliphatic heterocycles. The van der Waals surface area contributed by atoms with Crippen molar-refractivity contribution in [3.63, 3.8) is 0 Å². The van der Waals surface area contributed by atoms with Crippen LogP contribution in [-0.4, -0.2) is 30.2 Å². The molecule has 4 nitrogen and oxygen atoms in total. The smallest absolute Gasteiger partial charge is 0.243 e. The highest BCUT2D eigenvalue weighted by atomic mass is 32.1. The quantitative estimate of drug-likeness (QED) is 0.526. The van der Waals surface area contributed by atoms with Crippen LogP contribution in [0.2, 0.25) is 0 Å². The molecule has 0 aliphatic rings. The number of amides is 2. The van der Waals surface area contributed by atoms with Crippen LogP contribution in [0.1, 0.15) is 13.8 Å². The Hall–Kier alpha value is -0.710. The van der Waals surface area contributed by atoms with Crippen LogP contribution in [0.5, 0.6) is 0 Å². The van der Waals surface area contributed by atoms with Crippen molar-refractivity contribution in [1.82, 2.24) is 10.6 Å². The predicted octanol–water partition coefficient (Wildman–Crippen LogP) is -0.443. The fourth-order valence-electron chi connectivity index (χ4n) is 0.737. The Kier molecular flexibility index (Phi) is 5.53. The molecule has 0 aromatic rings. The number of nitrogens with one attached hydrogen (secondary N) is 2. The Morgan fingerprint density at radius 1 is 1.50 bits per heavy atom. The molecule has 0 heterocycles. The Labute approximate surface area is 77.5 Å². The summed E-state index contributed by atoms with van der Waals surface area (Å²) in [5.41, 5.74) is 0. The summed E-state index contributed by atoms with van der Waals surface area (Å²) in [5, 5.41) is 5.09. The summed E-state index contributed by atoms with van der Waals surface area (Å²) < 4.78 is 0. The molecular weight excluding hydrogens is 176 g/mol.